The quantitative estimate of drug-likeness (QED) is 0.743. The molecule has 8 nitrogen and oxygen atoms in total. The van der Waals surface area contributed by atoms with Crippen LogP contribution in [0.5, 0.6) is 0 Å². The highest BCUT2D eigenvalue weighted by molar-refractivity contribution is 5.85. The summed E-state index contributed by atoms with van der Waals surface area (Å²) in [7, 11) is 1.27. The summed E-state index contributed by atoms with van der Waals surface area (Å²) in [4.78, 5) is 27.5. The molecule has 0 saturated heterocycles. The second kappa shape index (κ2) is 6.51. The molecule has 1 aromatic carbocycles. The molecule has 0 aliphatic heterocycles. The van der Waals surface area contributed by atoms with Gasteiger partial charge in [-0.25, -0.2) is 14.5 Å². The van der Waals surface area contributed by atoms with Crippen molar-refractivity contribution in [2.75, 3.05) is 12.8 Å². The molecule has 0 bridgehead atoms. The molecule has 2 rings (SSSR count). The van der Waals surface area contributed by atoms with Crippen LogP contribution in [0.25, 0.3) is 0 Å². The van der Waals surface area contributed by atoms with E-state index in [0.29, 0.717) is 5.56 Å². The largest absolute Gasteiger partial charge is 0.467 e. The molecular weight excluding hydrogens is 274 g/mol. The molecule has 1 heterocycles. The van der Waals surface area contributed by atoms with Gasteiger partial charge in [0.15, 0.2) is 6.04 Å². The maximum absolute atomic E-state index is 12.0. The molecular formula is C13H15N5O3. The van der Waals surface area contributed by atoms with Gasteiger partial charge in [0.05, 0.1) is 7.11 Å². The van der Waals surface area contributed by atoms with Crippen LogP contribution in [0.2, 0.25) is 0 Å². The van der Waals surface area contributed by atoms with Crippen LogP contribution in [0.4, 0.5) is 5.95 Å². The van der Waals surface area contributed by atoms with E-state index in [0.717, 1.165) is 0 Å². The topological polar surface area (TPSA) is 112 Å². The minimum absolute atomic E-state index is 0.0791. The average Bonchev–Trinajstić information content (AvgIpc) is 2.90. The Hall–Kier alpha value is -2.90. The molecule has 0 spiro atoms. The number of esters is 1. The molecule has 0 radical (unpaired) electrons. The fourth-order valence-electron chi connectivity index (χ4n) is 1.78. The number of methoxy groups -OCH3 is 1. The van der Waals surface area contributed by atoms with E-state index < -0.39 is 17.9 Å². The number of anilines is 1. The van der Waals surface area contributed by atoms with Crippen LogP contribution in [-0.2, 0) is 20.9 Å². The van der Waals surface area contributed by atoms with Crippen molar-refractivity contribution in [2.24, 2.45) is 0 Å². The normalized spacial score (nSPS) is 11.7. The van der Waals surface area contributed by atoms with Crippen molar-refractivity contribution in [1.29, 1.82) is 0 Å². The Morgan fingerprint density at radius 2 is 2.10 bits per heavy atom. The van der Waals surface area contributed by atoms with Gasteiger partial charge in [-0.05, 0) is 5.56 Å². The van der Waals surface area contributed by atoms with Crippen LogP contribution in [0.15, 0.2) is 36.7 Å². The van der Waals surface area contributed by atoms with Crippen LogP contribution in [0.1, 0.15) is 11.6 Å². The molecule has 0 saturated carbocycles. The van der Waals surface area contributed by atoms with Crippen molar-refractivity contribution in [3.63, 3.8) is 0 Å². The van der Waals surface area contributed by atoms with Crippen LogP contribution in [0, 0.1) is 0 Å². The zero-order valence-electron chi connectivity index (χ0n) is 11.4. The van der Waals surface area contributed by atoms with Crippen molar-refractivity contribution >= 4 is 17.8 Å². The number of amides is 1. The third kappa shape index (κ3) is 3.78. The summed E-state index contributed by atoms with van der Waals surface area (Å²) >= 11 is 0. The highest BCUT2D eigenvalue weighted by atomic mass is 16.5. The monoisotopic (exact) mass is 289 g/mol. The van der Waals surface area contributed by atoms with Gasteiger partial charge < -0.3 is 15.8 Å². The Balaban J connectivity index is 2.08. The predicted octanol–water partition coefficient (Wildman–Crippen LogP) is -0.109. The lowest BCUT2D eigenvalue weighted by atomic mass is 10.1. The fourth-order valence-corrected chi connectivity index (χ4v) is 1.78. The third-order valence-electron chi connectivity index (χ3n) is 2.73. The lowest BCUT2D eigenvalue weighted by Gasteiger charge is -2.16. The molecule has 1 aromatic heterocycles. The maximum Gasteiger partial charge on any atom is 0.333 e. The van der Waals surface area contributed by atoms with E-state index in [1.165, 1.54) is 18.1 Å². The molecule has 110 valence electrons. The lowest BCUT2D eigenvalue weighted by Crippen LogP contribution is -2.36. The Morgan fingerprint density at radius 1 is 1.38 bits per heavy atom. The second-order valence-electron chi connectivity index (χ2n) is 4.23. The van der Waals surface area contributed by atoms with E-state index in [1.807, 2.05) is 6.07 Å². The number of carbonyl (C=O) groups is 2. The number of ether oxygens (including phenoxy) is 1. The molecule has 3 N–H and O–H groups in total. The van der Waals surface area contributed by atoms with Gasteiger partial charge in [-0.15, -0.1) is 5.10 Å². The Labute approximate surface area is 120 Å². The highest BCUT2D eigenvalue weighted by Crippen LogP contribution is 2.14. The Kier molecular flexibility index (Phi) is 4.50. The Bertz CT molecular complexity index is 626. The number of hydrogen-bond acceptors (Lipinski definition) is 6. The summed E-state index contributed by atoms with van der Waals surface area (Å²) in [5.41, 5.74) is 6.00. The van der Waals surface area contributed by atoms with Gasteiger partial charge in [0.2, 0.25) is 11.9 Å². The predicted molar refractivity (Wildman–Crippen MR) is 73.8 cm³/mol. The molecule has 0 aliphatic rings. The fraction of sp³-hybridized carbons (Fsp3) is 0.231. The van der Waals surface area contributed by atoms with Gasteiger partial charge in [0.1, 0.15) is 12.9 Å². The van der Waals surface area contributed by atoms with Crippen LogP contribution < -0.4 is 11.1 Å². The minimum Gasteiger partial charge on any atom is -0.467 e. The summed E-state index contributed by atoms with van der Waals surface area (Å²) in [6.45, 7) is -0.0927. The van der Waals surface area contributed by atoms with Crippen molar-refractivity contribution in [2.45, 2.75) is 12.6 Å². The minimum atomic E-state index is -0.871. The van der Waals surface area contributed by atoms with E-state index >= 15 is 0 Å². The molecule has 1 atom stereocenters. The number of carbonyl (C=O) groups excluding carboxylic acids is 2. The maximum atomic E-state index is 12.0. The number of rotatable bonds is 5. The van der Waals surface area contributed by atoms with Crippen molar-refractivity contribution < 1.29 is 14.3 Å². The first-order valence-electron chi connectivity index (χ1n) is 6.17. The number of benzene rings is 1. The number of nitrogen functional groups attached to an aromatic ring is 1. The van der Waals surface area contributed by atoms with Gasteiger partial charge in [0, 0.05) is 0 Å². The van der Waals surface area contributed by atoms with Crippen LogP contribution in [-0.4, -0.2) is 33.8 Å². The SMILES string of the molecule is COC(=O)C(NC(=O)Cn1cnc(N)n1)c1ccccc1. The van der Waals surface area contributed by atoms with Crippen molar-refractivity contribution in [3.05, 3.63) is 42.2 Å². The summed E-state index contributed by atoms with van der Waals surface area (Å²) in [6.07, 6.45) is 1.34. The third-order valence-corrected chi connectivity index (χ3v) is 2.73. The molecule has 0 aliphatic carbocycles. The van der Waals surface area contributed by atoms with E-state index in [-0.39, 0.29) is 12.5 Å². The van der Waals surface area contributed by atoms with Gasteiger partial charge in [0.25, 0.3) is 0 Å². The van der Waals surface area contributed by atoms with E-state index in [9.17, 15) is 9.59 Å². The summed E-state index contributed by atoms with van der Waals surface area (Å²) in [6, 6.07) is 7.96. The molecule has 1 amide bonds. The highest BCUT2D eigenvalue weighted by Gasteiger charge is 2.23. The van der Waals surface area contributed by atoms with Crippen LogP contribution in [0.3, 0.4) is 0 Å². The first kappa shape index (κ1) is 14.5. The zero-order chi connectivity index (χ0) is 15.2. The number of nitrogens with two attached hydrogens (primary N) is 1. The number of aromatic nitrogens is 3. The van der Waals surface area contributed by atoms with Gasteiger partial charge in [-0.2, -0.15) is 0 Å². The van der Waals surface area contributed by atoms with Gasteiger partial charge >= 0.3 is 5.97 Å². The summed E-state index contributed by atoms with van der Waals surface area (Å²) < 4.78 is 6.00. The van der Waals surface area contributed by atoms with Crippen molar-refractivity contribution in [3.8, 4) is 0 Å². The number of nitrogens with one attached hydrogen (secondary N) is 1. The van der Waals surface area contributed by atoms with Crippen LogP contribution >= 0.6 is 0 Å². The lowest BCUT2D eigenvalue weighted by molar-refractivity contribution is -0.145. The summed E-state index contributed by atoms with van der Waals surface area (Å²) in [5.74, 6) is -0.873. The standard InChI is InChI=1S/C13H15N5O3/c1-21-12(20)11(9-5-3-2-4-6-9)16-10(19)7-18-8-15-13(14)17-18/h2-6,8,11H,7H2,1H3,(H2,14,17)(H,16,19). The molecule has 1 unspecified atom stereocenters. The molecule has 2 aromatic rings. The van der Waals surface area contributed by atoms with Gasteiger partial charge in [-0.3, -0.25) is 4.79 Å². The van der Waals surface area contributed by atoms with E-state index in [1.54, 1.807) is 24.3 Å². The Morgan fingerprint density at radius 3 is 2.67 bits per heavy atom. The second-order valence-corrected chi connectivity index (χ2v) is 4.23. The van der Waals surface area contributed by atoms with Crippen molar-refractivity contribution in [1.82, 2.24) is 20.1 Å². The number of nitrogens with zero attached hydrogens (tertiary/aromatic N) is 3. The first-order chi connectivity index (χ1) is 10.1. The zero-order valence-corrected chi connectivity index (χ0v) is 11.4. The average molecular weight is 289 g/mol. The molecule has 8 heteroatoms. The van der Waals surface area contributed by atoms with Gasteiger partial charge in [-0.1, -0.05) is 30.3 Å². The van der Waals surface area contributed by atoms with E-state index in [4.69, 9.17) is 10.5 Å². The molecule has 21 heavy (non-hydrogen) atoms. The summed E-state index contributed by atoms with van der Waals surface area (Å²) in [5, 5.41) is 6.40. The smallest absolute Gasteiger partial charge is 0.333 e. The molecule has 0 fully saturated rings. The number of hydrogen-bond donors (Lipinski definition) is 2. The van der Waals surface area contributed by atoms with E-state index in [2.05, 4.69) is 15.4 Å². The first-order valence-corrected chi connectivity index (χ1v) is 6.17.